The standard InChI is InChI=1S/C34H38Cl2N6O5/c1-5-22(43)14-20-13-19-15-23(19)31(20)38-34-37-18-21-16-24(28-29(35)25(46-3)17-26(47-4)30(28)36)33(45)42(32(21)39-34)12-9-40-7-10-41(11-8-40)27(44)6-2/h5-6,16-20,23,31H,1-2,7-15H2,3-4H3,(H,37,38,39). The lowest BCUT2D eigenvalue weighted by Crippen LogP contribution is -2.49. The number of anilines is 1. The number of piperazine rings is 1. The van der Waals surface area contributed by atoms with Gasteiger partial charge in [-0.25, -0.2) is 4.98 Å². The minimum atomic E-state index is -0.334. The second-order valence-electron chi connectivity index (χ2n) is 12.3. The zero-order valence-corrected chi connectivity index (χ0v) is 28.0. The van der Waals surface area contributed by atoms with Gasteiger partial charge in [0.05, 0.1) is 29.8 Å². The molecule has 47 heavy (non-hydrogen) atoms. The van der Waals surface area contributed by atoms with Gasteiger partial charge in [-0.3, -0.25) is 23.9 Å². The van der Waals surface area contributed by atoms with Crippen molar-refractivity contribution in [2.24, 2.45) is 17.8 Å². The SMILES string of the molecule is C=CC(=O)CC1CC2CC2C1Nc1ncc2cc(-c3c(Cl)c(OC)cc(OC)c3Cl)c(=O)n(CCN3CCN(C(=O)C=C)CC3)c2n1. The van der Waals surface area contributed by atoms with Crippen molar-refractivity contribution in [1.29, 1.82) is 0 Å². The van der Waals surface area contributed by atoms with Crippen molar-refractivity contribution >= 4 is 51.9 Å². The predicted molar refractivity (Wildman–Crippen MR) is 183 cm³/mol. The number of pyridine rings is 1. The molecule has 4 unspecified atom stereocenters. The first kappa shape index (κ1) is 33.0. The number of fused-ring (bicyclic) bond motifs is 2. The molecule has 6 rings (SSSR count). The van der Waals surface area contributed by atoms with Crippen LogP contribution in [0.4, 0.5) is 5.95 Å². The van der Waals surface area contributed by atoms with E-state index in [0.717, 1.165) is 12.8 Å². The van der Waals surface area contributed by atoms with Gasteiger partial charge in [-0.1, -0.05) is 36.4 Å². The van der Waals surface area contributed by atoms with Crippen LogP contribution in [-0.4, -0.2) is 89.0 Å². The number of nitrogens with one attached hydrogen (secondary N) is 1. The summed E-state index contributed by atoms with van der Waals surface area (Å²) in [4.78, 5) is 52.2. The number of halogens is 2. The molecular weight excluding hydrogens is 643 g/mol. The van der Waals surface area contributed by atoms with Crippen molar-refractivity contribution in [2.75, 3.05) is 52.3 Å². The fourth-order valence-electron chi connectivity index (χ4n) is 7.09. The molecule has 0 bridgehead atoms. The molecule has 1 saturated heterocycles. The Morgan fingerprint density at radius 2 is 1.72 bits per heavy atom. The summed E-state index contributed by atoms with van der Waals surface area (Å²) in [5.74, 6) is 2.23. The molecule has 4 atom stereocenters. The monoisotopic (exact) mass is 680 g/mol. The molecule has 3 heterocycles. The van der Waals surface area contributed by atoms with E-state index >= 15 is 0 Å². The first-order valence-corrected chi connectivity index (χ1v) is 16.5. The molecule has 0 spiro atoms. The number of carbonyl (C=O) groups excluding carboxylic acids is 2. The maximum absolute atomic E-state index is 14.4. The van der Waals surface area contributed by atoms with Crippen LogP contribution in [0.25, 0.3) is 22.2 Å². The van der Waals surface area contributed by atoms with Crippen LogP contribution in [-0.2, 0) is 16.1 Å². The van der Waals surface area contributed by atoms with E-state index in [1.54, 1.807) is 27.8 Å². The summed E-state index contributed by atoms with van der Waals surface area (Å²) in [6.45, 7) is 10.6. The number of hydrogen-bond donors (Lipinski definition) is 1. The van der Waals surface area contributed by atoms with Crippen molar-refractivity contribution in [3.05, 3.63) is 64.0 Å². The molecule has 248 valence electrons. The highest BCUT2D eigenvalue weighted by Crippen LogP contribution is 2.56. The lowest BCUT2D eigenvalue weighted by Gasteiger charge is -2.34. The Hall–Kier alpha value is -3.93. The van der Waals surface area contributed by atoms with Gasteiger partial charge in [0, 0.05) is 74.9 Å². The molecule has 1 aromatic carbocycles. The number of amides is 1. The zero-order valence-electron chi connectivity index (χ0n) is 26.5. The van der Waals surface area contributed by atoms with E-state index in [-0.39, 0.29) is 44.8 Å². The van der Waals surface area contributed by atoms with Crippen molar-refractivity contribution in [3.8, 4) is 22.6 Å². The van der Waals surface area contributed by atoms with Gasteiger partial charge in [0.2, 0.25) is 11.9 Å². The molecule has 1 aliphatic heterocycles. The summed E-state index contributed by atoms with van der Waals surface area (Å²) in [5, 5.41) is 4.50. The molecule has 3 fully saturated rings. The Morgan fingerprint density at radius 1 is 1.02 bits per heavy atom. The van der Waals surface area contributed by atoms with Crippen molar-refractivity contribution < 1.29 is 19.1 Å². The van der Waals surface area contributed by atoms with Crippen LogP contribution in [0.3, 0.4) is 0 Å². The van der Waals surface area contributed by atoms with E-state index in [0.29, 0.717) is 91.6 Å². The van der Waals surface area contributed by atoms with Gasteiger partial charge in [0.1, 0.15) is 17.1 Å². The first-order valence-electron chi connectivity index (χ1n) is 15.7. The minimum absolute atomic E-state index is 0.0325. The Kier molecular flexibility index (Phi) is 9.59. The number of ether oxygens (including phenoxy) is 2. The zero-order chi connectivity index (χ0) is 33.4. The second kappa shape index (κ2) is 13.7. The number of aromatic nitrogens is 3. The van der Waals surface area contributed by atoms with Gasteiger partial charge >= 0.3 is 0 Å². The summed E-state index contributed by atoms with van der Waals surface area (Å²) in [5.41, 5.74) is 0.682. The van der Waals surface area contributed by atoms with Crippen LogP contribution in [0, 0.1) is 17.8 Å². The van der Waals surface area contributed by atoms with Gasteiger partial charge in [0.15, 0.2) is 5.78 Å². The molecule has 11 nitrogen and oxygen atoms in total. The summed E-state index contributed by atoms with van der Waals surface area (Å²) in [7, 11) is 2.96. The molecule has 1 amide bonds. The van der Waals surface area contributed by atoms with E-state index < -0.39 is 0 Å². The quantitative estimate of drug-likeness (QED) is 0.272. The summed E-state index contributed by atoms with van der Waals surface area (Å²) < 4.78 is 12.6. The van der Waals surface area contributed by atoms with Crippen molar-refractivity contribution in [1.82, 2.24) is 24.3 Å². The highest BCUT2D eigenvalue weighted by molar-refractivity contribution is 6.41. The van der Waals surface area contributed by atoms with E-state index in [1.807, 2.05) is 0 Å². The van der Waals surface area contributed by atoms with Gasteiger partial charge in [-0.2, -0.15) is 4.98 Å². The second-order valence-corrected chi connectivity index (χ2v) is 13.1. The smallest absolute Gasteiger partial charge is 0.260 e. The van der Waals surface area contributed by atoms with Crippen LogP contribution >= 0.6 is 23.2 Å². The Labute approximate surface area is 283 Å². The summed E-state index contributed by atoms with van der Waals surface area (Å²) in [6, 6.07) is 3.34. The Balaban J connectivity index is 1.38. The fraction of sp³-hybridized carbons (Fsp3) is 0.441. The molecule has 1 N–H and O–H groups in total. The number of nitrogens with zero attached hydrogens (tertiary/aromatic N) is 5. The third-order valence-corrected chi connectivity index (χ3v) is 10.5. The Morgan fingerprint density at radius 3 is 2.36 bits per heavy atom. The van der Waals surface area contributed by atoms with Crippen LogP contribution in [0.15, 0.2) is 48.4 Å². The van der Waals surface area contributed by atoms with Crippen molar-refractivity contribution in [3.63, 3.8) is 0 Å². The average Bonchev–Trinajstić information content (AvgIpc) is 3.77. The maximum Gasteiger partial charge on any atom is 0.260 e. The number of allylic oxidation sites excluding steroid dienone is 1. The number of rotatable bonds is 12. The molecule has 13 heteroatoms. The number of hydrogen-bond acceptors (Lipinski definition) is 9. The van der Waals surface area contributed by atoms with Crippen LogP contribution in [0.5, 0.6) is 11.5 Å². The van der Waals surface area contributed by atoms with E-state index in [9.17, 15) is 14.4 Å². The maximum atomic E-state index is 14.4. The van der Waals surface area contributed by atoms with Crippen LogP contribution in [0.1, 0.15) is 19.3 Å². The number of methoxy groups -OCH3 is 2. The van der Waals surface area contributed by atoms with E-state index in [2.05, 4.69) is 28.4 Å². The van der Waals surface area contributed by atoms with Gasteiger partial charge in [-0.15, -0.1) is 0 Å². The third kappa shape index (κ3) is 6.48. The van der Waals surface area contributed by atoms with Crippen LogP contribution in [0.2, 0.25) is 10.0 Å². The highest BCUT2D eigenvalue weighted by Gasteiger charge is 2.53. The minimum Gasteiger partial charge on any atom is -0.495 e. The lowest BCUT2D eigenvalue weighted by atomic mass is 9.92. The third-order valence-electron chi connectivity index (χ3n) is 9.71. The summed E-state index contributed by atoms with van der Waals surface area (Å²) >= 11 is 13.5. The molecule has 2 saturated carbocycles. The normalized spacial score (nSPS) is 22.1. The van der Waals surface area contributed by atoms with E-state index in [4.69, 9.17) is 37.7 Å². The largest absolute Gasteiger partial charge is 0.495 e. The average molecular weight is 682 g/mol. The number of ketones is 1. The van der Waals surface area contributed by atoms with Gasteiger partial charge in [0.25, 0.3) is 5.56 Å². The highest BCUT2D eigenvalue weighted by atomic mass is 35.5. The predicted octanol–water partition coefficient (Wildman–Crippen LogP) is 4.69. The fourth-order valence-corrected chi connectivity index (χ4v) is 7.80. The molecule has 3 aromatic rings. The van der Waals surface area contributed by atoms with Gasteiger partial charge in [-0.05, 0) is 48.8 Å². The Bertz CT molecular complexity index is 1780. The van der Waals surface area contributed by atoms with Crippen molar-refractivity contribution in [2.45, 2.75) is 31.8 Å². The van der Waals surface area contributed by atoms with E-state index in [1.165, 1.54) is 26.4 Å². The number of carbonyl (C=O) groups is 2. The molecular formula is C34H38Cl2N6O5. The lowest BCUT2D eigenvalue weighted by molar-refractivity contribution is -0.127. The van der Waals surface area contributed by atoms with Gasteiger partial charge < -0.3 is 19.7 Å². The topological polar surface area (TPSA) is 119 Å². The van der Waals surface area contributed by atoms with Crippen LogP contribution < -0.4 is 20.3 Å². The first-order chi connectivity index (χ1) is 22.7. The molecule has 2 aromatic heterocycles. The molecule has 2 aliphatic carbocycles. The molecule has 0 radical (unpaired) electrons. The molecule has 3 aliphatic rings. The summed E-state index contributed by atoms with van der Waals surface area (Å²) in [6.07, 6.45) is 6.95. The number of benzene rings is 1.